The smallest absolute Gasteiger partial charge is 0.248 e. The van der Waals surface area contributed by atoms with Crippen molar-refractivity contribution < 1.29 is 13.9 Å². The number of halogens is 1. The van der Waals surface area contributed by atoms with Crippen LogP contribution in [-0.2, 0) is 4.79 Å². The van der Waals surface area contributed by atoms with Crippen molar-refractivity contribution in [2.45, 2.75) is 6.92 Å². The van der Waals surface area contributed by atoms with Gasteiger partial charge in [-0.25, -0.2) is 4.39 Å². The molecule has 0 aromatic heterocycles. The summed E-state index contributed by atoms with van der Waals surface area (Å²) in [6, 6.07) is 13.1. The number of nitrogens with one attached hydrogen (secondary N) is 1. The lowest BCUT2D eigenvalue weighted by atomic mass is 10.2. The summed E-state index contributed by atoms with van der Waals surface area (Å²) >= 11 is 0. The molecule has 0 fully saturated rings. The molecule has 0 spiro atoms. The van der Waals surface area contributed by atoms with Crippen LogP contribution in [0.1, 0.15) is 12.5 Å². The van der Waals surface area contributed by atoms with E-state index in [2.05, 4.69) is 5.32 Å². The Hall–Kier alpha value is -2.62. The van der Waals surface area contributed by atoms with Crippen molar-refractivity contribution in [1.29, 1.82) is 0 Å². The molecule has 2 aromatic rings. The highest BCUT2D eigenvalue weighted by Crippen LogP contribution is 2.15. The summed E-state index contributed by atoms with van der Waals surface area (Å²) in [5, 5.41) is 2.72. The van der Waals surface area contributed by atoms with Crippen molar-refractivity contribution in [3.63, 3.8) is 0 Å². The van der Waals surface area contributed by atoms with E-state index in [-0.39, 0.29) is 11.7 Å². The van der Waals surface area contributed by atoms with Crippen LogP contribution in [0.15, 0.2) is 54.6 Å². The third-order valence-electron chi connectivity index (χ3n) is 2.71. The predicted octanol–water partition coefficient (Wildman–Crippen LogP) is 3.88. The number of hydrogen-bond donors (Lipinski definition) is 1. The number of rotatable bonds is 5. The maximum Gasteiger partial charge on any atom is 0.248 e. The molecule has 0 unspecified atom stereocenters. The minimum atomic E-state index is -0.330. The molecule has 21 heavy (non-hydrogen) atoms. The van der Waals surface area contributed by atoms with E-state index in [0.29, 0.717) is 17.9 Å². The van der Waals surface area contributed by atoms with Gasteiger partial charge in [-0.05, 0) is 55.0 Å². The molecule has 0 aliphatic heterocycles. The van der Waals surface area contributed by atoms with Crippen molar-refractivity contribution in [1.82, 2.24) is 0 Å². The van der Waals surface area contributed by atoms with Crippen LogP contribution in [0.3, 0.4) is 0 Å². The first-order chi connectivity index (χ1) is 10.2. The fraction of sp³-hybridized carbons (Fsp3) is 0.118. The lowest BCUT2D eigenvalue weighted by Gasteiger charge is -2.05. The quantitative estimate of drug-likeness (QED) is 0.847. The van der Waals surface area contributed by atoms with E-state index in [4.69, 9.17) is 4.74 Å². The van der Waals surface area contributed by atoms with Crippen LogP contribution < -0.4 is 10.1 Å². The van der Waals surface area contributed by atoms with Crippen LogP contribution in [0.4, 0.5) is 10.1 Å². The van der Waals surface area contributed by atoms with Crippen molar-refractivity contribution in [2.24, 2.45) is 0 Å². The highest BCUT2D eigenvalue weighted by Gasteiger charge is 1.99. The van der Waals surface area contributed by atoms with Gasteiger partial charge in [0.15, 0.2) is 0 Å². The van der Waals surface area contributed by atoms with E-state index in [0.717, 1.165) is 5.75 Å². The van der Waals surface area contributed by atoms with Gasteiger partial charge in [-0.3, -0.25) is 4.79 Å². The molecule has 4 heteroatoms. The average molecular weight is 285 g/mol. The van der Waals surface area contributed by atoms with Gasteiger partial charge in [0.1, 0.15) is 11.6 Å². The van der Waals surface area contributed by atoms with Crippen LogP contribution in [-0.4, -0.2) is 12.5 Å². The zero-order valence-electron chi connectivity index (χ0n) is 11.7. The molecule has 0 heterocycles. The second-order valence-electron chi connectivity index (χ2n) is 4.33. The van der Waals surface area contributed by atoms with E-state index >= 15 is 0 Å². The van der Waals surface area contributed by atoms with Gasteiger partial charge in [0.25, 0.3) is 0 Å². The van der Waals surface area contributed by atoms with Gasteiger partial charge in [-0.15, -0.1) is 0 Å². The van der Waals surface area contributed by atoms with E-state index < -0.39 is 0 Å². The largest absolute Gasteiger partial charge is 0.494 e. The molecule has 0 aliphatic carbocycles. The first-order valence-corrected chi connectivity index (χ1v) is 6.65. The Kier molecular flexibility index (Phi) is 5.10. The average Bonchev–Trinajstić information content (AvgIpc) is 2.48. The van der Waals surface area contributed by atoms with E-state index in [1.54, 1.807) is 42.5 Å². The predicted molar refractivity (Wildman–Crippen MR) is 81.7 cm³/mol. The number of carbonyl (C=O) groups is 1. The van der Waals surface area contributed by atoms with Gasteiger partial charge in [0.2, 0.25) is 5.91 Å². The van der Waals surface area contributed by atoms with Gasteiger partial charge >= 0.3 is 0 Å². The second kappa shape index (κ2) is 7.24. The van der Waals surface area contributed by atoms with Crippen LogP contribution >= 0.6 is 0 Å². The minimum absolute atomic E-state index is 0.275. The summed E-state index contributed by atoms with van der Waals surface area (Å²) in [5.41, 5.74) is 1.31. The number of anilines is 1. The molecule has 1 N–H and O–H groups in total. The first-order valence-electron chi connectivity index (χ1n) is 6.65. The zero-order valence-corrected chi connectivity index (χ0v) is 11.7. The second-order valence-corrected chi connectivity index (χ2v) is 4.33. The molecule has 0 radical (unpaired) electrons. The van der Waals surface area contributed by atoms with E-state index in [1.807, 2.05) is 6.92 Å². The Bertz CT molecular complexity index is 635. The van der Waals surface area contributed by atoms with Gasteiger partial charge < -0.3 is 10.1 Å². The monoisotopic (exact) mass is 285 g/mol. The van der Waals surface area contributed by atoms with Crippen molar-refractivity contribution in [3.8, 4) is 5.75 Å². The molecule has 2 aromatic carbocycles. The van der Waals surface area contributed by atoms with Crippen LogP contribution in [0.5, 0.6) is 5.75 Å². The SMILES string of the molecule is CCOc1ccc(NC(=O)C=Cc2cccc(F)c2)cc1. The van der Waals surface area contributed by atoms with Gasteiger partial charge in [-0.1, -0.05) is 12.1 Å². The molecule has 0 saturated heterocycles. The fourth-order valence-electron chi connectivity index (χ4n) is 1.77. The third-order valence-corrected chi connectivity index (χ3v) is 2.71. The van der Waals surface area contributed by atoms with E-state index in [1.165, 1.54) is 18.2 Å². The molecular weight excluding hydrogens is 269 g/mol. The van der Waals surface area contributed by atoms with Crippen molar-refractivity contribution in [2.75, 3.05) is 11.9 Å². The van der Waals surface area contributed by atoms with Crippen LogP contribution in [0.25, 0.3) is 6.08 Å². The Morgan fingerprint density at radius 1 is 1.24 bits per heavy atom. The maximum atomic E-state index is 13.0. The molecule has 2 rings (SSSR count). The number of ether oxygens (including phenoxy) is 1. The summed E-state index contributed by atoms with van der Waals surface area (Å²) in [4.78, 5) is 11.8. The Labute approximate surface area is 123 Å². The molecule has 1 amide bonds. The first kappa shape index (κ1) is 14.8. The third kappa shape index (κ3) is 4.76. The lowest BCUT2D eigenvalue weighted by Crippen LogP contribution is -2.07. The highest BCUT2D eigenvalue weighted by molar-refractivity contribution is 6.01. The fourth-order valence-corrected chi connectivity index (χ4v) is 1.77. The van der Waals surface area contributed by atoms with Crippen LogP contribution in [0, 0.1) is 5.82 Å². The zero-order chi connectivity index (χ0) is 15.1. The minimum Gasteiger partial charge on any atom is -0.494 e. The molecule has 0 saturated carbocycles. The summed E-state index contributed by atoms with van der Waals surface area (Å²) in [5.74, 6) is 0.151. The van der Waals surface area contributed by atoms with Crippen molar-refractivity contribution >= 4 is 17.7 Å². The lowest BCUT2D eigenvalue weighted by molar-refractivity contribution is -0.111. The van der Waals surface area contributed by atoms with Crippen molar-refractivity contribution in [3.05, 3.63) is 66.0 Å². The van der Waals surface area contributed by atoms with E-state index in [9.17, 15) is 9.18 Å². The summed E-state index contributed by atoms with van der Waals surface area (Å²) in [7, 11) is 0. The molecule has 0 atom stereocenters. The van der Waals surface area contributed by atoms with Gasteiger partial charge in [-0.2, -0.15) is 0 Å². The molecule has 3 nitrogen and oxygen atoms in total. The number of amides is 1. The maximum absolute atomic E-state index is 13.0. The summed E-state index contributed by atoms with van der Waals surface area (Å²) in [6.45, 7) is 2.51. The number of hydrogen-bond acceptors (Lipinski definition) is 2. The highest BCUT2D eigenvalue weighted by atomic mass is 19.1. The molecule has 0 bridgehead atoms. The molecule has 108 valence electrons. The molecule has 0 aliphatic rings. The number of benzene rings is 2. The Balaban J connectivity index is 1.95. The van der Waals surface area contributed by atoms with Gasteiger partial charge in [0.05, 0.1) is 6.61 Å². The van der Waals surface area contributed by atoms with Crippen LogP contribution in [0.2, 0.25) is 0 Å². The normalized spacial score (nSPS) is 10.6. The summed E-state index contributed by atoms with van der Waals surface area (Å²) in [6.07, 6.45) is 2.93. The molecular formula is C17H16FNO2. The standard InChI is InChI=1S/C17H16FNO2/c1-2-21-16-9-7-15(8-10-16)19-17(20)11-6-13-4-3-5-14(18)12-13/h3-12H,2H2,1H3,(H,19,20). The Morgan fingerprint density at radius 3 is 2.67 bits per heavy atom. The summed E-state index contributed by atoms with van der Waals surface area (Å²) < 4.78 is 18.3. The topological polar surface area (TPSA) is 38.3 Å². The van der Waals surface area contributed by atoms with Gasteiger partial charge in [0, 0.05) is 11.8 Å². The Morgan fingerprint density at radius 2 is 2.00 bits per heavy atom. The number of carbonyl (C=O) groups excluding carboxylic acids is 1.